The zero-order chi connectivity index (χ0) is 21.6. The minimum absolute atomic E-state index is 0.445. The lowest BCUT2D eigenvalue weighted by Gasteiger charge is -2.14. The maximum absolute atomic E-state index is 11.6. The van der Waals surface area contributed by atoms with Crippen LogP contribution in [0.25, 0.3) is 10.9 Å². The zero-order valence-corrected chi connectivity index (χ0v) is 17.2. The Bertz CT molecular complexity index is 1090. The van der Waals surface area contributed by atoms with Crippen LogP contribution in [0.4, 0.5) is 0 Å². The van der Waals surface area contributed by atoms with Gasteiger partial charge in [-0.2, -0.15) is 5.26 Å². The van der Waals surface area contributed by atoms with Gasteiger partial charge in [-0.05, 0) is 57.0 Å². The molecule has 0 spiro atoms. The highest BCUT2D eigenvalue weighted by Crippen LogP contribution is 2.30. The zero-order valence-electron chi connectivity index (χ0n) is 17.2. The lowest BCUT2D eigenvalue weighted by atomic mass is 10.0. The van der Waals surface area contributed by atoms with Crippen LogP contribution in [-0.4, -0.2) is 29.6 Å². The summed E-state index contributed by atoms with van der Waals surface area (Å²) in [5, 5.41) is 9.22. The number of carbonyl (C=O) groups excluding carboxylic acids is 1. The summed E-state index contributed by atoms with van der Waals surface area (Å²) in [4.78, 5) is 20.3. The molecular formula is C22H24N4O3. The number of rotatable bonds is 4. The Morgan fingerprint density at radius 3 is 2.59 bits per heavy atom. The molecule has 7 heteroatoms. The van der Waals surface area contributed by atoms with E-state index >= 15 is 0 Å². The lowest BCUT2D eigenvalue weighted by molar-refractivity contribution is 0.0999. The van der Waals surface area contributed by atoms with E-state index in [1.165, 1.54) is 0 Å². The van der Waals surface area contributed by atoms with Gasteiger partial charge < -0.3 is 15.2 Å². The van der Waals surface area contributed by atoms with Crippen molar-refractivity contribution in [3.05, 3.63) is 58.4 Å². The highest BCUT2D eigenvalue weighted by molar-refractivity contribution is 6.02. The van der Waals surface area contributed by atoms with Crippen LogP contribution >= 0.6 is 0 Å². The van der Waals surface area contributed by atoms with E-state index in [9.17, 15) is 4.79 Å². The number of nitriles is 1. The number of methoxy groups -OCH3 is 1. The van der Waals surface area contributed by atoms with Crippen LogP contribution in [0.15, 0.2) is 30.5 Å². The first kappa shape index (κ1) is 21.6. The van der Waals surface area contributed by atoms with Crippen LogP contribution in [0.1, 0.15) is 39.7 Å². The summed E-state index contributed by atoms with van der Waals surface area (Å²) in [6, 6.07) is 9.05. The Morgan fingerprint density at radius 2 is 2.00 bits per heavy atom. The number of hydrogen-bond acceptors (Lipinski definition) is 6. The molecule has 0 atom stereocenters. The molecule has 29 heavy (non-hydrogen) atoms. The third-order valence-corrected chi connectivity index (χ3v) is 4.32. The van der Waals surface area contributed by atoms with E-state index in [1.807, 2.05) is 26.8 Å². The van der Waals surface area contributed by atoms with Crippen LogP contribution in [0, 0.1) is 32.1 Å². The predicted molar refractivity (Wildman–Crippen MR) is 111 cm³/mol. The number of nitrogens with two attached hydrogens (primary N) is 1. The fourth-order valence-corrected chi connectivity index (χ4v) is 2.98. The molecule has 0 bridgehead atoms. The number of carbonyl (C=O) groups is 1. The Balaban J connectivity index is 0.000000253. The third kappa shape index (κ3) is 4.79. The molecule has 0 fully saturated rings. The van der Waals surface area contributed by atoms with Crippen molar-refractivity contribution in [1.82, 2.24) is 9.97 Å². The molecular weight excluding hydrogens is 368 g/mol. The fourth-order valence-electron chi connectivity index (χ4n) is 2.98. The van der Waals surface area contributed by atoms with Gasteiger partial charge in [0.1, 0.15) is 5.75 Å². The number of benzene rings is 1. The molecule has 7 nitrogen and oxygen atoms in total. The van der Waals surface area contributed by atoms with E-state index in [4.69, 9.17) is 20.5 Å². The molecule has 2 heterocycles. The summed E-state index contributed by atoms with van der Waals surface area (Å²) >= 11 is 0. The van der Waals surface area contributed by atoms with Gasteiger partial charge in [0.05, 0.1) is 47.5 Å². The van der Waals surface area contributed by atoms with Crippen molar-refractivity contribution >= 4 is 16.8 Å². The van der Waals surface area contributed by atoms with Gasteiger partial charge in [-0.1, -0.05) is 6.07 Å². The molecule has 1 aromatic carbocycles. The molecule has 0 unspecified atom stereocenters. The van der Waals surface area contributed by atoms with Crippen LogP contribution in [0.5, 0.6) is 11.6 Å². The van der Waals surface area contributed by atoms with Crippen LogP contribution in [0.2, 0.25) is 0 Å². The van der Waals surface area contributed by atoms with Crippen LogP contribution < -0.4 is 15.2 Å². The average Bonchev–Trinajstić information content (AvgIpc) is 2.70. The number of aromatic nitrogens is 2. The standard InChI is InChI=1S/C14H17N3O2.C8H7NO/c1-5-19-14-11-8(3)10(13(15)18)9(4)17-12(11)7(2)6-16-14;1-10-8-4-2-3-7(5-8)6-9/h6H,5H2,1-4H3,(H2,15,18);2-5H,1H3. The number of aryl methyl sites for hydroxylation is 3. The number of pyridine rings is 2. The van der Waals surface area contributed by atoms with Crippen LogP contribution in [0.3, 0.4) is 0 Å². The van der Waals surface area contributed by atoms with Crippen molar-refractivity contribution in [2.45, 2.75) is 27.7 Å². The average molecular weight is 392 g/mol. The summed E-state index contributed by atoms with van der Waals surface area (Å²) in [5.74, 6) is 0.739. The maximum Gasteiger partial charge on any atom is 0.250 e. The highest BCUT2D eigenvalue weighted by atomic mass is 16.5. The van der Waals surface area contributed by atoms with Crippen molar-refractivity contribution in [2.75, 3.05) is 13.7 Å². The first-order chi connectivity index (χ1) is 13.8. The van der Waals surface area contributed by atoms with Gasteiger partial charge in [0.15, 0.2) is 0 Å². The molecule has 0 saturated carbocycles. The summed E-state index contributed by atoms with van der Waals surface area (Å²) in [5.41, 5.74) is 9.65. The van der Waals surface area contributed by atoms with Gasteiger partial charge in [0.25, 0.3) is 5.91 Å². The fraction of sp³-hybridized carbons (Fsp3) is 0.273. The van der Waals surface area contributed by atoms with E-state index in [2.05, 4.69) is 9.97 Å². The van der Waals surface area contributed by atoms with Gasteiger partial charge in [-0.3, -0.25) is 9.78 Å². The predicted octanol–water partition coefficient (Wildman–Crippen LogP) is 3.62. The molecule has 2 N–H and O–H groups in total. The topological polar surface area (TPSA) is 111 Å². The van der Waals surface area contributed by atoms with E-state index in [-0.39, 0.29) is 0 Å². The van der Waals surface area contributed by atoms with Crippen molar-refractivity contribution in [3.8, 4) is 17.7 Å². The molecule has 0 aliphatic rings. The molecule has 1 amide bonds. The molecule has 150 valence electrons. The summed E-state index contributed by atoms with van der Waals surface area (Å²) in [7, 11) is 1.58. The van der Waals surface area contributed by atoms with Gasteiger partial charge in [0.2, 0.25) is 5.88 Å². The van der Waals surface area contributed by atoms with Crippen molar-refractivity contribution < 1.29 is 14.3 Å². The van der Waals surface area contributed by atoms with Crippen molar-refractivity contribution in [2.24, 2.45) is 5.73 Å². The smallest absolute Gasteiger partial charge is 0.250 e. The first-order valence-corrected chi connectivity index (χ1v) is 9.07. The van der Waals surface area contributed by atoms with E-state index in [0.29, 0.717) is 29.3 Å². The van der Waals surface area contributed by atoms with Crippen molar-refractivity contribution in [1.29, 1.82) is 5.26 Å². The minimum Gasteiger partial charge on any atom is -0.497 e. The SMILES string of the molecule is CCOc1ncc(C)c2nc(C)c(C(N)=O)c(C)c12.COc1cccc(C#N)c1. The second kappa shape index (κ2) is 9.51. The molecule has 3 aromatic rings. The van der Waals surface area contributed by atoms with E-state index in [1.54, 1.807) is 44.5 Å². The van der Waals surface area contributed by atoms with Crippen LogP contribution in [-0.2, 0) is 0 Å². The summed E-state index contributed by atoms with van der Waals surface area (Å²) < 4.78 is 10.4. The largest absolute Gasteiger partial charge is 0.497 e. The third-order valence-electron chi connectivity index (χ3n) is 4.32. The number of hydrogen-bond donors (Lipinski definition) is 1. The van der Waals surface area contributed by atoms with Gasteiger partial charge in [-0.15, -0.1) is 0 Å². The summed E-state index contributed by atoms with van der Waals surface area (Å²) in [6.07, 6.45) is 1.73. The molecule has 0 saturated heterocycles. The van der Waals surface area contributed by atoms with Crippen molar-refractivity contribution in [3.63, 3.8) is 0 Å². The Hall–Kier alpha value is -3.66. The van der Waals surface area contributed by atoms with Gasteiger partial charge in [-0.25, -0.2) is 4.98 Å². The normalized spacial score (nSPS) is 9.93. The molecule has 3 rings (SSSR count). The first-order valence-electron chi connectivity index (χ1n) is 9.07. The Kier molecular flexibility index (Phi) is 7.10. The highest BCUT2D eigenvalue weighted by Gasteiger charge is 2.18. The van der Waals surface area contributed by atoms with E-state index < -0.39 is 5.91 Å². The van der Waals surface area contributed by atoms with Gasteiger partial charge >= 0.3 is 0 Å². The molecule has 0 aliphatic carbocycles. The number of fused-ring (bicyclic) bond motifs is 1. The van der Waals surface area contributed by atoms with Gasteiger partial charge in [0, 0.05) is 6.20 Å². The Labute approximate surface area is 170 Å². The number of ether oxygens (including phenoxy) is 2. The quantitative estimate of drug-likeness (QED) is 0.726. The molecule has 2 aromatic heterocycles. The monoisotopic (exact) mass is 392 g/mol. The molecule has 0 aliphatic heterocycles. The number of primary amides is 1. The number of nitrogens with zero attached hydrogens (tertiary/aromatic N) is 3. The second-order valence-corrected chi connectivity index (χ2v) is 6.31. The maximum atomic E-state index is 11.6. The lowest BCUT2D eigenvalue weighted by Crippen LogP contribution is -2.16. The second-order valence-electron chi connectivity index (χ2n) is 6.31. The molecule has 0 radical (unpaired) electrons. The van der Waals surface area contributed by atoms with E-state index in [0.717, 1.165) is 27.8 Å². The summed E-state index contributed by atoms with van der Waals surface area (Å²) in [6.45, 7) is 7.96. The minimum atomic E-state index is -0.478. The number of amides is 1. The Morgan fingerprint density at radius 1 is 1.28 bits per heavy atom.